The van der Waals surface area contributed by atoms with Crippen molar-refractivity contribution in [3.8, 4) is 5.75 Å². The summed E-state index contributed by atoms with van der Waals surface area (Å²) in [5.41, 5.74) is 1.03. The third-order valence-electron chi connectivity index (χ3n) is 4.30. The van der Waals surface area contributed by atoms with Crippen LogP contribution in [0.25, 0.3) is 5.57 Å². The molecule has 0 saturated heterocycles. The fraction of sp³-hybridized carbons (Fsp3) is 0.273. The van der Waals surface area contributed by atoms with Gasteiger partial charge in [-0.05, 0) is 50.3 Å². The Kier molecular flexibility index (Phi) is 7.63. The van der Waals surface area contributed by atoms with Gasteiger partial charge >= 0.3 is 11.9 Å². The number of aliphatic carboxylic acids is 1. The van der Waals surface area contributed by atoms with Gasteiger partial charge in [0.1, 0.15) is 17.1 Å². The summed E-state index contributed by atoms with van der Waals surface area (Å²) in [5, 5.41) is 29.3. The number of aromatic hydroxyl groups is 1. The smallest absolute Gasteiger partial charge is 0.342 e. The zero-order valence-electron chi connectivity index (χ0n) is 15.7. The van der Waals surface area contributed by atoms with Crippen LogP contribution >= 0.6 is 0 Å². The van der Waals surface area contributed by atoms with Crippen molar-refractivity contribution in [1.82, 2.24) is 0 Å². The van der Waals surface area contributed by atoms with Gasteiger partial charge in [-0.15, -0.1) is 0 Å². The SMILES string of the molecule is CC1CCCCc2c(O)cccc2\C(=C(O)/C=C/C=C/C=C/C(=O)O)C(=O)O1. The van der Waals surface area contributed by atoms with Crippen molar-refractivity contribution in [3.05, 3.63) is 71.5 Å². The van der Waals surface area contributed by atoms with E-state index < -0.39 is 11.9 Å². The summed E-state index contributed by atoms with van der Waals surface area (Å²) in [5.74, 6) is -1.94. The summed E-state index contributed by atoms with van der Waals surface area (Å²) in [6, 6.07) is 4.85. The highest BCUT2D eigenvalue weighted by Crippen LogP contribution is 2.32. The molecule has 3 N–H and O–H groups in total. The minimum Gasteiger partial charge on any atom is -0.508 e. The maximum Gasteiger partial charge on any atom is 0.342 e. The zero-order valence-corrected chi connectivity index (χ0v) is 15.7. The van der Waals surface area contributed by atoms with Crippen LogP contribution in [0, 0.1) is 0 Å². The number of phenols is 1. The molecule has 0 bridgehead atoms. The number of cyclic esters (lactones) is 1. The Bertz CT molecular complexity index is 845. The standard InChI is InChI=1S/C22H24O6/c1-15-9-6-7-10-16-17(11-8-13-18(16)23)21(22(27)28-15)19(24)12-4-2-3-5-14-20(25)26/h2-5,8,11-15,23-24H,6-7,9-10H2,1H3,(H,25,26)/b3-2+,12-4+,14-5+,21-19-. The molecule has 0 fully saturated rings. The fourth-order valence-electron chi connectivity index (χ4n) is 2.95. The number of carbonyl (C=O) groups is 2. The number of aliphatic hydroxyl groups excluding tert-OH is 1. The quantitative estimate of drug-likeness (QED) is 0.313. The lowest BCUT2D eigenvalue weighted by atomic mass is 9.93. The van der Waals surface area contributed by atoms with Crippen LogP contribution in [0.2, 0.25) is 0 Å². The maximum absolute atomic E-state index is 12.7. The van der Waals surface area contributed by atoms with E-state index >= 15 is 0 Å². The molecule has 1 heterocycles. The average molecular weight is 384 g/mol. The molecule has 6 heteroatoms. The van der Waals surface area contributed by atoms with Gasteiger partial charge in [-0.2, -0.15) is 0 Å². The molecule has 1 unspecified atom stereocenters. The number of hydrogen-bond acceptors (Lipinski definition) is 5. The molecule has 6 nitrogen and oxygen atoms in total. The van der Waals surface area contributed by atoms with E-state index in [-0.39, 0.29) is 23.2 Å². The predicted molar refractivity (Wildman–Crippen MR) is 106 cm³/mol. The molecule has 2 rings (SSSR count). The van der Waals surface area contributed by atoms with Gasteiger partial charge in [0.05, 0.1) is 6.10 Å². The average Bonchev–Trinajstić information content (AvgIpc) is 2.63. The van der Waals surface area contributed by atoms with E-state index in [4.69, 9.17) is 9.84 Å². The van der Waals surface area contributed by atoms with Crippen molar-refractivity contribution in [2.45, 2.75) is 38.7 Å². The van der Waals surface area contributed by atoms with Crippen LogP contribution < -0.4 is 0 Å². The number of ether oxygens (including phenoxy) is 1. The number of esters is 1. The Morgan fingerprint density at radius 1 is 1.11 bits per heavy atom. The lowest BCUT2D eigenvalue weighted by Crippen LogP contribution is -2.19. The number of benzene rings is 1. The topological polar surface area (TPSA) is 104 Å². The number of allylic oxidation sites excluding steroid dienone is 5. The summed E-state index contributed by atoms with van der Waals surface area (Å²) in [6.07, 6.45) is 10.8. The zero-order chi connectivity index (χ0) is 20.5. The molecule has 1 aromatic carbocycles. The number of aliphatic hydroxyl groups is 1. The second-order valence-electron chi connectivity index (χ2n) is 6.47. The fourth-order valence-corrected chi connectivity index (χ4v) is 2.95. The monoisotopic (exact) mass is 384 g/mol. The normalized spacial score (nSPS) is 20.3. The lowest BCUT2D eigenvalue weighted by Gasteiger charge is -2.20. The van der Waals surface area contributed by atoms with Crippen LogP contribution in [-0.2, 0) is 20.7 Å². The molecule has 148 valence electrons. The van der Waals surface area contributed by atoms with Crippen molar-refractivity contribution in [2.24, 2.45) is 0 Å². The number of carboxylic acid groups (broad SMARTS) is 1. The maximum atomic E-state index is 12.7. The second kappa shape index (κ2) is 10.2. The van der Waals surface area contributed by atoms with Gasteiger partial charge in [-0.1, -0.05) is 36.4 Å². The molecule has 0 amide bonds. The summed E-state index contributed by atoms with van der Waals surface area (Å²) >= 11 is 0. The van der Waals surface area contributed by atoms with E-state index in [1.165, 1.54) is 30.4 Å². The number of phenolic OH excluding ortho intramolecular Hbond substituents is 1. The molecule has 0 aliphatic carbocycles. The molecule has 0 spiro atoms. The Labute approximate surface area is 163 Å². The second-order valence-corrected chi connectivity index (χ2v) is 6.47. The van der Waals surface area contributed by atoms with E-state index in [0.717, 1.165) is 18.9 Å². The van der Waals surface area contributed by atoms with E-state index in [9.17, 15) is 19.8 Å². The van der Waals surface area contributed by atoms with Gasteiger partial charge in [0.2, 0.25) is 0 Å². The first-order chi connectivity index (χ1) is 13.4. The summed E-state index contributed by atoms with van der Waals surface area (Å²) < 4.78 is 5.46. The van der Waals surface area contributed by atoms with Crippen molar-refractivity contribution in [3.63, 3.8) is 0 Å². The lowest BCUT2D eigenvalue weighted by molar-refractivity contribution is -0.141. The molecule has 1 aromatic rings. The van der Waals surface area contributed by atoms with Crippen molar-refractivity contribution in [2.75, 3.05) is 0 Å². The molecule has 0 aromatic heterocycles. The highest BCUT2D eigenvalue weighted by molar-refractivity contribution is 6.18. The van der Waals surface area contributed by atoms with Crippen LogP contribution in [0.1, 0.15) is 37.3 Å². The van der Waals surface area contributed by atoms with E-state index in [2.05, 4.69) is 0 Å². The molecule has 1 aliphatic heterocycles. The molecule has 0 saturated carbocycles. The van der Waals surface area contributed by atoms with Gasteiger partial charge in [-0.3, -0.25) is 0 Å². The van der Waals surface area contributed by atoms with Crippen LogP contribution in [-0.4, -0.2) is 33.4 Å². The van der Waals surface area contributed by atoms with Crippen LogP contribution in [0.15, 0.2) is 60.4 Å². The van der Waals surface area contributed by atoms with E-state index in [0.29, 0.717) is 24.0 Å². The van der Waals surface area contributed by atoms with E-state index in [1.54, 1.807) is 18.2 Å². The highest BCUT2D eigenvalue weighted by atomic mass is 16.5. The third-order valence-corrected chi connectivity index (χ3v) is 4.30. The molecule has 1 atom stereocenters. The van der Waals surface area contributed by atoms with Crippen LogP contribution in [0.4, 0.5) is 0 Å². The number of fused-ring (bicyclic) bond motifs is 1. The van der Waals surface area contributed by atoms with Crippen molar-refractivity contribution in [1.29, 1.82) is 0 Å². The molecular weight excluding hydrogens is 360 g/mol. The Hall–Kier alpha value is -3.28. The number of carbonyl (C=O) groups excluding carboxylic acids is 1. The summed E-state index contributed by atoms with van der Waals surface area (Å²) in [4.78, 5) is 23.1. The Balaban J connectivity index is 2.44. The van der Waals surface area contributed by atoms with Gasteiger partial charge in [0, 0.05) is 11.6 Å². The van der Waals surface area contributed by atoms with Gasteiger partial charge in [-0.25, -0.2) is 9.59 Å². The van der Waals surface area contributed by atoms with Crippen molar-refractivity contribution >= 4 is 17.5 Å². The largest absolute Gasteiger partial charge is 0.508 e. The third kappa shape index (κ3) is 5.87. The van der Waals surface area contributed by atoms with Crippen molar-refractivity contribution < 1.29 is 29.6 Å². The minimum absolute atomic E-state index is 0.00891. The number of hydrogen-bond donors (Lipinski definition) is 3. The van der Waals surface area contributed by atoms with Gasteiger partial charge in [0.15, 0.2) is 0 Å². The molecule has 0 radical (unpaired) electrons. The highest BCUT2D eigenvalue weighted by Gasteiger charge is 2.25. The first-order valence-electron chi connectivity index (χ1n) is 9.10. The summed E-state index contributed by atoms with van der Waals surface area (Å²) in [6.45, 7) is 1.81. The number of rotatable bonds is 4. The molecule has 28 heavy (non-hydrogen) atoms. The Morgan fingerprint density at radius 2 is 1.82 bits per heavy atom. The molecule has 1 aliphatic rings. The van der Waals surface area contributed by atoms with Gasteiger partial charge in [0.25, 0.3) is 0 Å². The summed E-state index contributed by atoms with van der Waals surface area (Å²) in [7, 11) is 0. The van der Waals surface area contributed by atoms with E-state index in [1.807, 2.05) is 6.92 Å². The van der Waals surface area contributed by atoms with Gasteiger partial charge < -0.3 is 20.1 Å². The van der Waals surface area contributed by atoms with Crippen LogP contribution in [0.3, 0.4) is 0 Å². The first-order valence-corrected chi connectivity index (χ1v) is 9.10. The minimum atomic E-state index is -1.06. The van der Waals surface area contributed by atoms with Crippen LogP contribution in [0.5, 0.6) is 5.75 Å². The Morgan fingerprint density at radius 3 is 2.54 bits per heavy atom. The number of carboxylic acids is 1. The first kappa shape index (κ1) is 21.0. The predicted octanol–water partition coefficient (Wildman–Crippen LogP) is 4.07. The molecular formula is C22H24O6.